The molecule has 0 spiro atoms. The molecule has 7 heteroatoms. The number of likely N-dealkylation sites (tertiary alicyclic amines) is 2. The minimum atomic E-state index is -0.977. The zero-order valence-electron chi connectivity index (χ0n) is 22.6. The van der Waals surface area contributed by atoms with E-state index in [9.17, 15) is 15.0 Å². The van der Waals surface area contributed by atoms with Gasteiger partial charge in [-0.3, -0.25) is 14.4 Å². The van der Waals surface area contributed by atoms with E-state index in [1.165, 1.54) is 24.0 Å². The number of carbonyl (C=O) groups is 1. The third kappa shape index (κ3) is 4.28. The number of aromatic hydroxyl groups is 1. The molecule has 3 fully saturated rings. The quantitative estimate of drug-likeness (QED) is 0.626. The molecule has 3 heterocycles. The fraction of sp³-hybridized carbons (Fsp3) is 0.667. The molecule has 1 aromatic carbocycles. The highest BCUT2D eigenvalue weighted by molar-refractivity contribution is 5.79. The predicted molar refractivity (Wildman–Crippen MR) is 142 cm³/mol. The second-order valence-corrected chi connectivity index (χ2v) is 13.2. The lowest BCUT2D eigenvalue weighted by Crippen LogP contribution is -2.71. The molecule has 2 aromatic rings. The number of carbonyl (C=O) groups excluding carboxylic acids is 1. The number of aromatic nitrogens is 2. The van der Waals surface area contributed by atoms with Crippen molar-refractivity contribution < 1.29 is 15.0 Å². The summed E-state index contributed by atoms with van der Waals surface area (Å²) in [6.45, 7) is 10.5. The molecule has 37 heavy (non-hydrogen) atoms. The van der Waals surface area contributed by atoms with Gasteiger partial charge in [0.25, 0.3) is 0 Å². The summed E-state index contributed by atoms with van der Waals surface area (Å²) in [4.78, 5) is 18.3. The van der Waals surface area contributed by atoms with E-state index in [0.717, 1.165) is 50.4 Å². The van der Waals surface area contributed by atoms with Crippen LogP contribution < -0.4 is 0 Å². The first-order valence-electron chi connectivity index (χ1n) is 14.2. The van der Waals surface area contributed by atoms with Gasteiger partial charge < -0.3 is 15.1 Å². The van der Waals surface area contributed by atoms with Crippen LogP contribution in [0.4, 0.5) is 0 Å². The molecule has 1 aromatic heterocycles. The van der Waals surface area contributed by atoms with E-state index in [4.69, 9.17) is 0 Å². The summed E-state index contributed by atoms with van der Waals surface area (Å²) in [5, 5.41) is 27.5. The number of piperidine rings is 1. The molecule has 6 rings (SSSR count). The minimum absolute atomic E-state index is 0.0199. The van der Waals surface area contributed by atoms with Crippen molar-refractivity contribution in [3.63, 3.8) is 0 Å². The van der Waals surface area contributed by atoms with Gasteiger partial charge in [-0.25, -0.2) is 0 Å². The fourth-order valence-electron chi connectivity index (χ4n) is 7.32. The van der Waals surface area contributed by atoms with Crippen LogP contribution in [0.15, 0.2) is 30.6 Å². The van der Waals surface area contributed by atoms with Crippen LogP contribution in [0.5, 0.6) is 5.75 Å². The average Bonchev–Trinajstić information content (AvgIpc) is 3.54. The number of hydrogen-bond donors (Lipinski definition) is 2. The van der Waals surface area contributed by atoms with Crippen LogP contribution in [0.3, 0.4) is 0 Å². The molecule has 200 valence electrons. The molecule has 4 aliphatic rings. The third-order valence-corrected chi connectivity index (χ3v) is 9.74. The Bertz CT molecular complexity index is 1180. The SMILES string of the molecule is CC(C)(C)c1cnn(CCCN2CC[C@@]3(O)[C@H]4Cc5ccc(O)cc5[C@@]3(CCN4CC3CC3)CC2=O)c1. The number of phenols is 1. The largest absolute Gasteiger partial charge is 0.508 e. The van der Waals surface area contributed by atoms with Gasteiger partial charge in [0, 0.05) is 50.3 Å². The van der Waals surface area contributed by atoms with Gasteiger partial charge in [-0.1, -0.05) is 26.8 Å². The lowest BCUT2D eigenvalue weighted by Gasteiger charge is -2.61. The average molecular weight is 507 g/mol. The van der Waals surface area contributed by atoms with E-state index in [1.807, 2.05) is 27.9 Å². The van der Waals surface area contributed by atoms with Gasteiger partial charge in [0.1, 0.15) is 5.75 Å². The smallest absolute Gasteiger partial charge is 0.223 e. The lowest BCUT2D eigenvalue weighted by molar-refractivity contribution is -0.153. The first-order chi connectivity index (χ1) is 17.6. The number of amides is 1. The Balaban J connectivity index is 1.24. The van der Waals surface area contributed by atoms with Gasteiger partial charge in [-0.05, 0) is 85.2 Å². The van der Waals surface area contributed by atoms with Crippen molar-refractivity contribution in [2.24, 2.45) is 5.92 Å². The predicted octanol–water partition coefficient (Wildman–Crippen LogP) is 3.61. The van der Waals surface area contributed by atoms with Gasteiger partial charge in [-0.15, -0.1) is 0 Å². The Hall–Kier alpha value is -2.38. The molecule has 1 saturated carbocycles. The summed E-state index contributed by atoms with van der Waals surface area (Å²) in [5.74, 6) is 1.09. The summed E-state index contributed by atoms with van der Waals surface area (Å²) < 4.78 is 1.98. The van der Waals surface area contributed by atoms with Crippen molar-refractivity contribution in [3.8, 4) is 5.75 Å². The van der Waals surface area contributed by atoms with Crippen LogP contribution in [0.2, 0.25) is 0 Å². The van der Waals surface area contributed by atoms with E-state index in [-0.39, 0.29) is 23.1 Å². The number of phenolic OH excluding ortho intramolecular Hbond substituents is 1. The van der Waals surface area contributed by atoms with Crippen molar-refractivity contribution in [3.05, 3.63) is 47.3 Å². The Labute approximate surface area is 220 Å². The maximum atomic E-state index is 13.8. The second kappa shape index (κ2) is 8.84. The number of fused-ring (bicyclic) bond motifs is 1. The zero-order chi connectivity index (χ0) is 26.0. The zero-order valence-corrected chi connectivity index (χ0v) is 22.6. The maximum absolute atomic E-state index is 13.8. The van der Waals surface area contributed by atoms with Crippen molar-refractivity contribution in [2.45, 2.75) is 94.7 Å². The summed E-state index contributed by atoms with van der Waals surface area (Å²) >= 11 is 0. The van der Waals surface area contributed by atoms with Crippen molar-refractivity contribution in [2.75, 3.05) is 26.2 Å². The fourth-order valence-corrected chi connectivity index (χ4v) is 7.32. The van der Waals surface area contributed by atoms with Gasteiger partial charge in [-0.2, -0.15) is 5.10 Å². The molecule has 7 nitrogen and oxygen atoms in total. The molecular weight excluding hydrogens is 464 g/mol. The van der Waals surface area contributed by atoms with E-state index < -0.39 is 11.0 Å². The Morgan fingerprint density at radius 2 is 1.95 bits per heavy atom. The highest BCUT2D eigenvalue weighted by Crippen LogP contribution is 2.57. The second-order valence-electron chi connectivity index (χ2n) is 13.2. The molecule has 2 saturated heterocycles. The molecule has 2 N–H and O–H groups in total. The molecular formula is C30H42N4O3. The van der Waals surface area contributed by atoms with Crippen LogP contribution in [0.25, 0.3) is 0 Å². The topological polar surface area (TPSA) is 81.8 Å². The lowest BCUT2D eigenvalue weighted by atomic mass is 9.52. The summed E-state index contributed by atoms with van der Waals surface area (Å²) in [6.07, 6.45) is 9.89. The number of aryl methyl sites for hydroxylation is 1. The van der Waals surface area contributed by atoms with Crippen LogP contribution in [0, 0.1) is 5.92 Å². The van der Waals surface area contributed by atoms with Gasteiger partial charge in [0.2, 0.25) is 5.91 Å². The normalized spacial score (nSPS) is 30.1. The van der Waals surface area contributed by atoms with E-state index >= 15 is 0 Å². The summed E-state index contributed by atoms with van der Waals surface area (Å²) in [7, 11) is 0. The van der Waals surface area contributed by atoms with Crippen LogP contribution in [-0.2, 0) is 28.6 Å². The Kier molecular flexibility index (Phi) is 5.95. The Morgan fingerprint density at radius 1 is 1.14 bits per heavy atom. The molecule has 0 unspecified atom stereocenters. The van der Waals surface area contributed by atoms with Gasteiger partial charge in [0.05, 0.1) is 11.8 Å². The number of aliphatic hydroxyl groups is 1. The van der Waals surface area contributed by atoms with E-state index in [0.29, 0.717) is 25.9 Å². The molecule has 3 atom stereocenters. The first kappa shape index (κ1) is 24.9. The first-order valence-corrected chi connectivity index (χ1v) is 14.2. The highest BCUT2D eigenvalue weighted by atomic mass is 16.3. The number of hydrogen-bond acceptors (Lipinski definition) is 5. The van der Waals surface area contributed by atoms with Crippen molar-refractivity contribution >= 4 is 5.91 Å². The number of benzene rings is 1. The number of nitrogens with zero attached hydrogens (tertiary/aromatic N) is 4. The highest BCUT2D eigenvalue weighted by Gasteiger charge is 2.64. The number of rotatable bonds is 6. The van der Waals surface area contributed by atoms with Gasteiger partial charge in [0.15, 0.2) is 0 Å². The standard InChI is InChI=1S/C30H42N4O3/c1-28(2,3)23-18-31-34(20-23)12-4-11-32-14-10-30(37)26-15-22-7-8-24(35)16-25(22)29(30,17-27(32)36)9-13-33(26)19-21-5-6-21/h7-8,16,18,20-21,26,35,37H,4-6,9-15,17,19H2,1-3H3/t26-,29-,30-/m1/s1. The third-order valence-electron chi connectivity index (χ3n) is 9.74. The van der Waals surface area contributed by atoms with Gasteiger partial charge >= 0.3 is 0 Å². The van der Waals surface area contributed by atoms with Crippen molar-refractivity contribution in [1.82, 2.24) is 19.6 Å². The molecule has 1 amide bonds. The van der Waals surface area contributed by atoms with Crippen LogP contribution >= 0.6 is 0 Å². The summed E-state index contributed by atoms with van der Waals surface area (Å²) in [6, 6.07) is 5.63. The maximum Gasteiger partial charge on any atom is 0.223 e. The molecule has 2 aliphatic carbocycles. The Morgan fingerprint density at radius 3 is 2.68 bits per heavy atom. The van der Waals surface area contributed by atoms with E-state index in [1.54, 1.807) is 6.07 Å². The minimum Gasteiger partial charge on any atom is -0.508 e. The van der Waals surface area contributed by atoms with E-state index in [2.05, 4.69) is 37.0 Å². The summed E-state index contributed by atoms with van der Waals surface area (Å²) in [5.41, 5.74) is 1.85. The van der Waals surface area contributed by atoms with Crippen LogP contribution in [0.1, 0.15) is 76.0 Å². The molecule has 0 radical (unpaired) electrons. The monoisotopic (exact) mass is 506 g/mol. The molecule has 2 aliphatic heterocycles. The van der Waals surface area contributed by atoms with Crippen molar-refractivity contribution in [1.29, 1.82) is 0 Å². The van der Waals surface area contributed by atoms with Crippen LogP contribution in [-0.4, -0.2) is 73.5 Å². The molecule has 2 bridgehead atoms.